The number of hydrogen-bond acceptors (Lipinski definition) is 5. The lowest BCUT2D eigenvalue weighted by Crippen LogP contribution is -2.37. The minimum absolute atomic E-state index is 0.0622. The van der Waals surface area contributed by atoms with E-state index in [1.165, 1.54) is 0 Å². The smallest absolute Gasteiger partial charge is 0.257 e. The van der Waals surface area contributed by atoms with Crippen LogP contribution in [0.15, 0.2) is 42.5 Å². The van der Waals surface area contributed by atoms with Crippen LogP contribution in [0.5, 0.6) is 17.2 Å². The van der Waals surface area contributed by atoms with Crippen LogP contribution in [-0.2, 0) is 11.2 Å². The van der Waals surface area contributed by atoms with E-state index in [4.69, 9.17) is 14.2 Å². The van der Waals surface area contributed by atoms with Crippen LogP contribution in [0.25, 0.3) is 0 Å². The molecule has 1 aliphatic heterocycles. The number of amides is 2. The molecule has 2 aromatic carbocycles. The number of nitrogens with zero attached hydrogens (tertiary/aromatic N) is 2. The first kappa shape index (κ1) is 22.5. The van der Waals surface area contributed by atoms with Crippen molar-refractivity contribution in [3.8, 4) is 17.2 Å². The third-order valence-electron chi connectivity index (χ3n) is 5.57. The molecule has 3 rings (SSSR count). The van der Waals surface area contributed by atoms with Crippen molar-refractivity contribution in [3.63, 3.8) is 0 Å². The molecule has 0 aromatic heterocycles. The van der Waals surface area contributed by atoms with Crippen LogP contribution in [-0.4, -0.2) is 69.1 Å². The van der Waals surface area contributed by atoms with Gasteiger partial charge in [0.1, 0.15) is 17.2 Å². The summed E-state index contributed by atoms with van der Waals surface area (Å²) >= 11 is 0. The summed E-state index contributed by atoms with van der Waals surface area (Å²) in [7, 11) is 4.80. The number of hydrogen-bond donors (Lipinski definition) is 0. The Morgan fingerprint density at radius 1 is 0.839 bits per heavy atom. The molecule has 2 amide bonds. The van der Waals surface area contributed by atoms with E-state index in [1.54, 1.807) is 38.4 Å². The van der Waals surface area contributed by atoms with Crippen LogP contribution >= 0.6 is 0 Å². The van der Waals surface area contributed by atoms with E-state index >= 15 is 0 Å². The fraction of sp³-hybridized carbons (Fsp3) is 0.417. The molecule has 31 heavy (non-hydrogen) atoms. The summed E-state index contributed by atoms with van der Waals surface area (Å²) in [6.45, 7) is 2.29. The second-order valence-electron chi connectivity index (χ2n) is 7.40. The Bertz CT molecular complexity index is 915. The van der Waals surface area contributed by atoms with E-state index in [2.05, 4.69) is 0 Å². The van der Waals surface area contributed by atoms with Crippen molar-refractivity contribution in [2.45, 2.75) is 19.3 Å². The standard InChI is InChI=1S/C24H30N2O5/c1-29-19-10-11-21(30-2)18(17-19)9-12-23(27)25-13-6-14-26(16-15-25)24(28)20-7-4-5-8-22(20)31-3/h4-5,7-8,10-11,17H,6,9,12-16H2,1-3H3. The maximum absolute atomic E-state index is 13.0. The average molecular weight is 427 g/mol. The summed E-state index contributed by atoms with van der Waals surface area (Å²) in [6, 6.07) is 12.8. The minimum atomic E-state index is -0.0622. The van der Waals surface area contributed by atoms with Crippen molar-refractivity contribution in [1.29, 1.82) is 0 Å². The van der Waals surface area contributed by atoms with Crippen LogP contribution in [0.2, 0.25) is 0 Å². The van der Waals surface area contributed by atoms with Crippen molar-refractivity contribution in [1.82, 2.24) is 9.80 Å². The third-order valence-corrected chi connectivity index (χ3v) is 5.57. The number of benzene rings is 2. The molecular weight excluding hydrogens is 396 g/mol. The summed E-state index contributed by atoms with van der Waals surface area (Å²) in [5.41, 5.74) is 1.49. The molecule has 0 radical (unpaired) electrons. The third kappa shape index (κ3) is 5.48. The fourth-order valence-electron chi connectivity index (χ4n) is 3.84. The molecular formula is C24H30N2O5. The zero-order valence-electron chi connectivity index (χ0n) is 18.4. The van der Waals surface area contributed by atoms with E-state index in [-0.39, 0.29) is 11.8 Å². The Kier molecular flexibility index (Phi) is 7.76. The molecule has 0 aliphatic carbocycles. The number of para-hydroxylation sites is 1. The zero-order chi connectivity index (χ0) is 22.2. The van der Waals surface area contributed by atoms with Gasteiger partial charge in [-0.05, 0) is 48.7 Å². The van der Waals surface area contributed by atoms with Gasteiger partial charge in [-0.2, -0.15) is 0 Å². The maximum Gasteiger partial charge on any atom is 0.257 e. The van der Waals surface area contributed by atoms with Gasteiger partial charge in [-0.3, -0.25) is 9.59 Å². The van der Waals surface area contributed by atoms with Gasteiger partial charge in [-0.1, -0.05) is 12.1 Å². The molecule has 0 saturated carbocycles. The second-order valence-corrected chi connectivity index (χ2v) is 7.40. The van der Waals surface area contributed by atoms with E-state index in [1.807, 2.05) is 35.2 Å². The summed E-state index contributed by atoms with van der Waals surface area (Å²) in [6.07, 6.45) is 1.69. The lowest BCUT2D eigenvalue weighted by Gasteiger charge is -2.23. The summed E-state index contributed by atoms with van der Waals surface area (Å²) in [5, 5.41) is 0. The SMILES string of the molecule is COc1ccc(OC)c(CCC(=O)N2CCCN(C(=O)c3ccccc3OC)CC2)c1. The fourth-order valence-corrected chi connectivity index (χ4v) is 3.84. The number of methoxy groups -OCH3 is 3. The highest BCUT2D eigenvalue weighted by Crippen LogP contribution is 2.25. The van der Waals surface area contributed by atoms with Crippen molar-refractivity contribution in [2.75, 3.05) is 47.5 Å². The number of carbonyl (C=O) groups is 2. The van der Waals surface area contributed by atoms with Crippen molar-refractivity contribution in [2.24, 2.45) is 0 Å². The van der Waals surface area contributed by atoms with Crippen molar-refractivity contribution in [3.05, 3.63) is 53.6 Å². The van der Waals surface area contributed by atoms with E-state index in [0.717, 1.165) is 23.5 Å². The molecule has 0 N–H and O–H groups in total. The Morgan fingerprint density at radius 3 is 2.29 bits per heavy atom. The number of rotatable bonds is 7. The molecule has 7 heteroatoms. The molecule has 1 aliphatic rings. The van der Waals surface area contributed by atoms with Crippen LogP contribution in [0.4, 0.5) is 0 Å². The largest absolute Gasteiger partial charge is 0.497 e. The summed E-state index contributed by atoms with van der Waals surface area (Å²) < 4.78 is 16.0. The predicted molar refractivity (Wildman–Crippen MR) is 118 cm³/mol. The highest BCUT2D eigenvalue weighted by molar-refractivity contribution is 5.97. The molecule has 0 bridgehead atoms. The summed E-state index contributed by atoms with van der Waals surface area (Å²) in [5.74, 6) is 2.07. The van der Waals surface area contributed by atoms with Gasteiger partial charge in [0.25, 0.3) is 5.91 Å². The van der Waals surface area contributed by atoms with Crippen LogP contribution in [0, 0.1) is 0 Å². The second kappa shape index (κ2) is 10.7. The van der Waals surface area contributed by atoms with E-state index in [0.29, 0.717) is 50.3 Å². The number of ether oxygens (including phenoxy) is 3. The molecule has 0 spiro atoms. The van der Waals surface area contributed by atoms with Gasteiger partial charge < -0.3 is 24.0 Å². The van der Waals surface area contributed by atoms with Gasteiger partial charge in [-0.25, -0.2) is 0 Å². The minimum Gasteiger partial charge on any atom is -0.497 e. The molecule has 2 aromatic rings. The van der Waals surface area contributed by atoms with Gasteiger partial charge in [-0.15, -0.1) is 0 Å². The Balaban J connectivity index is 1.59. The average Bonchev–Trinajstić information content (AvgIpc) is 3.08. The van der Waals surface area contributed by atoms with Crippen molar-refractivity contribution >= 4 is 11.8 Å². The molecule has 7 nitrogen and oxygen atoms in total. The molecule has 166 valence electrons. The monoisotopic (exact) mass is 426 g/mol. The predicted octanol–water partition coefficient (Wildman–Crippen LogP) is 3.02. The Morgan fingerprint density at radius 2 is 1.55 bits per heavy atom. The number of carbonyl (C=O) groups excluding carboxylic acids is 2. The first-order valence-electron chi connectivity index (χ1n) is 10.5. The number of aryl methyl sites for hydroxylation is 1. The Labute approximate surface area is 183 Å². The lowest BCUT2D eigenvalue weighted by atomic mass is 10.1. The molecule has 0 unspecified atom stereocenters. The first-order chi connectivity index (χ1) is 15.1. The van der Waals surface area contributed by atoms with E-state index < -0.39 is 0 Å². The van der Waals surface area contributed by atoms with Crippen LogP contribution in [0.3, 0.4) is 0 Å². The highest BCUT2D eigenvalue weighted by atomic mass is 16.5. The normalized spacial score (nSPS) is 14.0. The van der Waals surface area contributed by atoms with Gasteiger partial charge in [0, 0.05) is 32.6 Å². The summed E-state index contributed by atoms with van der Waals surface area (Å²) in [4.78, 5) is 29.5. The van der Waals surface area contributed by atoms with Gasteiger partial charge in [0.05, 0.1) is 26.9 Å². The van der Waals surface area contributed by atoms with Crippen LogP contribution in [0.1, 0.15) is 28.8 Å². The highest BCUT2D eigenvalue weighted by Gasteiger charge is 2.24. The van der Waals surface area contributed by atoms with Gasteiger partial charge >= 0.3 is 0 Å². The molecule has 0 atom stereocenters. The van der Waals surface area contributed by atoms with E-state index in [9.17, 15) is 9.59 Å². The van der Waals surface area contributed by atoms with Crippen LogP contribution < -0.4 is 14.2 Å². The quantitative estimate of drug-likeness (QED) is 0.681. The van der Waals surface area contributed by atoms with Crippen molar-refractivity contribution < 1.29 is 23.8 Å². The molecule has 1 saturated heterocycles. The van der Waals surface area contributed by atoms with Gasteiger partial charge in [0.2, 0.25) is 5.91 Å². The maximum atomic E-state index is 13.0. The Hall–Kier alpha value is -3.22. The lowest BCUT2D eigenvalue weighted by molar-refractivity contribution is -0.131. The van der Waals surface area contributed by atoms with Gasteiger partial charge in [0.15, 0.2) is 0 Å². The topological polar surface area (TPSA) is 68.3 Å². The zero-order valence-corrected chi connectivity index (χ0v) is 18.4. The molecule has 1 heterocycles. The first-order valence-corrected chi connectivity index (χ1v) is 10.5. The molecule has 1 fully saturated rings.